The van der Waals surface area contributed by atoms with E-state index in [4.69, 9.17) is 4.98 Å². The van der Waals surface area contributed by atoms with E-state index in [-0.39, 0.29) is 0 Å². The van der Waals surface area contributed by atoms with Crippen molar-refractivity contribution in [1.82, 2.24) is 20.2 Å². The number of hydrogen-bond donors (Lipinski definition) is 2. The monoisotopic (exact) mass is 351 g/mol. The van der Waals surface area contributed by atoms with Gasteiger partial charge in [0.1, 0.15) is 11.6 Å². The van der Waals surface area contributed by atoms with Gasteiger partial charge in [-0.2, -0.15) is 0 Å². The number of nitrogens with one attached hydrogen (secondary N) is 2. The molecule has 0 amide bonds. The third kappa shape index (κ3) is 3.89. The first kappa shape index (κ1) is 17.4. The topological polar surface area (TPSA) is 53.1 Å². The van der Waals surface area contributed by atoms with Gasteiger partial charge in [-0.05, 0) is 57.5 Å². The summed E-state index contributed by atoms with van der Waals surface area (Å²) >= 11 is 0. The second-order valence-electron chi connectivity index (χ2n) is 7.67. The number of benzene rings is 1. The molecule has 1 saturated heterocycles. The molecule has 0 bridgehead atoms. The lowest BCUT2D eigenvalue weighted by atomic mass is 9.94. The fraction of sp³-hybridized carbons (Fsp3) is 0.524. The van der Waals surface area contributed by atoms with Gasteiger partial charge in [0.05, 0.1) is 0 Å². The first-order valence-electron chi connectivity index (χ1n) is 9.76. The van der Waals surface area contributed by atoms with E-state index in [0.29, 0.717) is 12.0 Å². The summed E-state index contributed by atoms with van der Waals surface area (Å²) in [7, 11) is 2.22. The van der Waals surface area contributed by atoms with Gasteiger partial charge in [0, 0.05) is 36.8 Å². The quantitative estimate of drug-likeness (QED) is 0.887. The van der Waals surface area contributed by atoms with Crippen LogP contribution in [0.1, 0.15) is 41.4 Å². The molecule has 1 atom stereocenters. The van der Waals surface area contributed by atoms with Gasteiger partial charge in [0.15, 0.2) is 0 Å². The molecule has 2 aliphatic heterocycles. The molecule has 5 nitrogen and oxygen atoms in total. The van der Waals surface area contributed by atoms with Crippen LogP contribution < -0.4 is 10.6 Å². The average molecular weight is 351 g/mol. The number of aryl methyl sites for hydroxylation is 1. The molecule has 5 heteroatoms. The van der Waals surface area contributed by atoms with Crippen molar-refractivity contribution >= 4 is 5.82 Å². The summed E-state index contributed by atoms with van der Waals surface area (Å²) in [5.74, 6) is 2.40. The highest BCUT2D eigenvalue weighted by molar-refractivity contribution is 5.38. The molecule has 2 aliphatic rings. The Morgan fingerprint density at radius 3 is 2.73 bits per heavy atom. The van der Waals surface area contributed by atoms with E-state index < -0.39 is 0 Å². The van der Waals surface area contributed by atoms with Crippen LogP contribution in [0.2, 0.25) is 0 Å². The fourth-order valence-corrected chi connectivity index (χ4v) is 4.18. The average Bonchev–Trinajstić information content (AvgIpc) is 2.66. The molecule has 0 spiro atoms. The maximum atomic E-state index is 4.71. The van der Waals surface area contributed by atoms with Crippen LogP contribution in [0.15, 0.2) is 30.3 Å². The van der Waals surface area contributed by atoms with Crippen LogP contribution in [0.25, 0.3) is 0 Å². The lowest BCUT2D eigenvalue weighted by Gasteiger charge is -2.34. The minimum Gasteiger partial charge on any atom is -0.368 e. The van der Waals surface area contributed by atoms with Crippen LogP contribution in [0.3, 0.4) is 0 Å². The maximum Gasteiger partial charge on any atom is 0.129 e. The van der Waals surface area contributed by atoms with Crippen LogP contribution in [-0.2, 0) is 13.0 Å². The summed E-state index contributed by atoms with van der Waals surface area (Å²) in [6.07, 6.45) is 3.42. The predicted octanol–water partition coefficient (Wildman–Crippen LogP) is 2.72. The van der Waals surface area contributed by atoms with Gasteiger partial charge in [0.25, 0.3) is 0 Å². The first-order chi connectivity index (χ1) is 12.7. The summed E-state index contributed by atoms with van der Waals surface area (Å²) in [4.78, 5) is 11.8. The van der Waals surface area contributed by atoms with Gasteiger partial charge >= 0.3 is 0 Å². The number of piperidine rings is 1. The Labute approximate surface area is 156 Å². The van der Waals surface area contributed by atoms with Crippen molar-refractivity contribution in [2.45, 2.75) is 44.7 Å². The van der Waals surface area contributed by atoms with Crippen LogP contribution >= 0.6 is 0 Å². The molecule has 0 radical (unpaired) electrons. The highest BCUT2D eigenvalue weighted by atomic mass is 15.2. The number of hydrogen-bond acceptors (Lipinski definition) is 5. The second kappa shape index (κ2) is 7.72. The van der Waals surface area contributed by atoms with E-state index in [9.17, 15) is 0 Å². The molecule has 0 unspecified atom stereocenters. The third-order valence-corrected chi connectivity index (χ3v) is 5.75. The Morgan fingerprint density at radius 1 is 1.15 bits per heavy atom. The van der Waals surface area contributed by atoms with Crippen molar-refractivity contribution in [2.24, 2.45) is 0 Å². The zero-order chi connectivity index (χ0) is 17.9. The van der Waals surface area contributed by atoms with E-state index in [1.54, 1.807) is 0 Å². The van der Waals surface area contributed by atoms with Gasteiger partial charge in [-0.1, -0.05) is 24.3 Å². The van der Waals surface area contributed by atoms with Crippen molar-refractivity contribution in [3.8, 4) is 0 Å². The molecule has 138 valence electrons. The Bertz CT molecular complexity index is 754. The van der Waals surface area contributed by atoms with Crippen LogP contribution in [-0.4, -0.2) is 47.6 Å². The van der Waals surface area contributed by atoms with E-state index in [1.165, 1.54) is 16.8 Å². The Hall–Kier alpha value is -1.98. The molecule has 3 heterocycles. The van der Waals surface area contributed by atoms with E-state index in [2.05, 4.69) is 57.9 Å². The zero-order valence-electron chi connectivity index (χ0n) is 15.8. The molecule has 1 aromatic carbocycles. The van der Waals surface area contributed by atoms with Gasteiger partial charge in [-0.3, -0.25) is 4.90 Å². The number of fused-ring (bicyclic) bond motifs is 1. The van der Waals surface area contributed by atoms with Crippen LogP contribution in [0, 0.1) is 6.92 Å². The number of anilines is 1. The molecular weight excluding hydrogens is 322 g/mol. The Balaban J connectivity index is 1.44. The number of rotatable bonds is 4. The van der Waals surface area contributed by atoms with E-state index in [1.807, 2.05) is 6.92 Å². The molecule has 0 aliphatic carbocycles. The number of aromatic nitrogens is 2. The molecule has 1 aromatic heterocycles. The van der Waals surface area contributed by atoms with Crippen molar-refractivity contribution in [3.05, 3.63) is 53.0 Å². The fourth-order valence-electron chi connectivity index (χ4n) is 4.18. The van der Waals surface area contributed by atoms with E-state index in [0.717, 1.165) is 57.1 Å². The summed E-state index contributed by atoms with van der Waals surface area (Å²) in [5.41, 5.74) is 4.13. The number of likely N-dealkylation sites (N-methyl/N-ethyl adjacent to an activating group) is 1. The minimum absolute atomic E-state index is 0.488. The van der Waals surface area contributed by atoms with Crippen LogP contribution in [0.4, 0.5) is 5.82 Å². The Kier molecular flexibility index (Phi) is 5.18. The summed E-state index contributed by atoms with van der Waals surface area (Å²) in [6.45, 7) is 6.10. The van der Waals surface area contributed by atoms with E-state index >= 15 is 0 Å². The first-order valence-corrected chi connectivity index (χ1v) is 9.76. The highest BCUT2D eigenvalue weighted by Gasteiger charge is 2.23. The minimum atomic E-state index is 0.488. The standard InChI is InChI=1S/C21H29N5/c1-15-24-20(16-7-9-22-10-8-16)12-21(25-15)23-13-19-11-17-5-3-4-6-18(17)14-26(19)2/h3-6,12,16,19,22H,7-11,13-14H2,1-2H3,(H,23,24,25)/t19-/m1/s1. The molecule has 4 rings (SSSR count). The van der Waals surface area contributed by atoms with Crippen molar-refractivity contribution < 1.29 is 0 Å². The van der Waals surface area contributed by atoms with Crippen molar-refractivity contribution in [3.63, 3.8) is 0 Å². The third-order valence-electron chi connectivity index (χ3n) is 5.75. The van der Waals surface area contributed by atoms with Gasteiger partial charge in [0.2, 0.25) is 0 Å². The molecule has 0 saturated carbocycles. The Morgan fingerprint density at radius 2 is 1.92 bits per heavy atom. The normalized spacial score (nSPS) is 21.4. The molecule has 2 aromatic rings. The lowest BCUT2D eigenvalue weighted by molar-refractivity contribution is 0.224. The molecule has 26 heavy (non-hydrogen) atoms. The largest absolute Gasteiger partial charge is 0.368 e. The van der Waals surface area contributed by atoms with Gasteiger partial charge < -0.3 is 10.6 Å². The summed E-state index contributed by atoms with van der Waals surface area (Å²) < 4.78 is 0. The molecule has 1 fully saturated rings. The van der Waals surface area contributed by atoms with Crippen molar-refractivity contribution in [2.75, 3.05) is 32.0 Å². The number of nitrogens with zero attached hydrogens (tertiary/aromatic N) is 3. The van der Waals surface area contributed by atoms with Gasteiger partial charge in [-0.25, -0.2) is 9.97 Å². The lowest BCUT2D eigenvalue weighted by Crippen LogP contribution is -2.42. The highest BCUT2D eigenvalue weighted by Crippen LogP contribution is 2.26. The van der Waals surface area contributed by atoms with Crippen molar-refractivity contribution in [1.29, 1.82) is 0 Å². The summed E-state index contributed by atoms with van der Waals surface area (Å²) in [6, 6.07) is 11.4. The van der Waals surface area contributed by atoms with Gasteiger partial charge in [-0.15, -0.1) is 0 Å². The molecule has 2 N–H and O–H groups in total. The smallest absolute Gasteiger partial charge is 0.129 e. The second-order valence-corrected chi connectivity index (χ2v) is 7.67. The SMILES string of the molecule is Cc1nc(NC[C@H]2Cc3ccccc3CN2C)cc(C2CCNCC2)n1. The maximum absolute atomic E-state index is 4.71. The van der Waals surface area contributed by atoms with Crippen LogP contribution in [0.5, 0.6) is 0 Å². The summed E-state index contributed by atoms with van der Waals surface area (Å²) in [5, 5.41) is 7.02. The zero-order valence-corrected chi connectivity index (χ0v) is 15.8. The molecular formula is C21H29N5. The predicted molar refractivity (Wildman–Crippen MR) is 106 cm³/mol.